The molecule has 1 fully saturated rings. The Hall–Kier alpha value is -6.88. The lowest BCUT2D eigenvalue weighted by Crippen LogP contribution is -2.40. The number of ether oxygens (including phenoxy) is 1. The summed E-state index contributed by atoms with van der Waals surface area (Å²) in [4.78, 5) is 32.7. The number of carbonyl (C=O) groups excluding carboxylic acids is 2. The zero-order valence-electron chi connectivity index (χ0n) is 35.4. The molecule has 0 aliphatic carbocycles. The highest BCUT2D eigenvalue weighted by molar-refractivity contribution is 7.92. The van der Waals surface area contributed by atoms with E-state index in [1.54, 1.807) is 25.1 Å². The van der Waals surface area contributed by atoms with Gasteiger partial charge in [-0.2, -0.15) is 22.5 Å². The number of rotatable bonds is 12. The minimum absolute atomic E-state index is 0.0331. The molecule has 0 radical (unpaired) electrons. The Bertz CT molecular complexity index is 2980. The van der Waals surface area contributed by atoms with Gasteiger partial charge in [0.2, 0.25) is 32.1 Å². The molecule has 65 heavy (non-hydrogen) atoms. The third-order valence-electron chi connectivity index (χ3n) is 9.56. The van der Waals surface area contributed by atoms with Gasteiger partial charge in [0.15, 0.2) is 5.82 Å². The van der Waals surface area contributed by atoms with Gasteiger partial charge in [-0.1, -0.05) is 46.2 Å². The smallest absolute Gasteiger partial charge is 0.379 e. The summed E-state index contributed by atoms with van der Waals surface area (Å²) < 4.78 is 99.7. The van der Waals surface area contributed by atoms with Crippen molar-refractivity contribution in [1.82, 2.24) is 19.1 Å². The van der Waals surface area contributed by atoms with E-state index in [-0.39, 0.29) is 47.2 Å². The predicted octanol–water partition coefficient (Wildman–Crippen LogP) is 5.16. The van der Waals surface area contributed by atoms with Crippen molar-refractivity contribution in [1.29, 1.82) is 0 Å². The zero-order chi connectivity index (χ0) is 47.3. The standard InChI is InChI=1S/C23H22F3N5O4S.C20H21N5O3S/c1-15-10-17(12-18(11-15)23(24,25)26)22-28-14-30(29-22)13-20(21(27)32)16-2-4-19(5-3-16)36(33,34)31-6-8-35-9-7-31;1-13-7-14(2)9-16(8-13)20-22-12-25(23-20)11-18(19(21)26)15-5-4-6-17(10-15)24-29(3,27)28/h2-5,10-13H,6-9,14H2,1H3,(H-,27,32);4-12,24H,1-3H3,(H2,21,26)/p+1/b20-13+;18-11+. The molecule has 7 rings (SSSR count). The fraction of sp³-hybridized carbons (Fsp3) is 0.233. The third kappa shape index (κ3) is 12.4. The molecule has 1 saturated heterocycles. The first-order valence-electron chi connectivity index (χ1n) is 19.6. The van der Waals surface area contributed by atoms with E-state index in [1.807, 2.05) is 26.0 Å². The van der Waals surface area contributed by atoms with E-state index in [4.69, 9.17) is 16.2 Å². The first kappa shape index (κ1) is 47.6. The monoisotopic (exact) mass is 933 g/mol. The number of nitrogens with two attached hydrogens (primary N) is 2. The lowest BCUT2D eigenvalue weighted by molar-refractivity contribution is -0.512. The van der Waals surface area contributed by atoms with Crippen molar-refractivity contribution in [2.45, 2.75) is 31.8 Å². The van der Waals surface area contributed by atoms with Crippen LogP contribution in [0.2, 0.25) is 0 Å². The topological polar surface area (TPSA) is 237 Å². The van der Waals surface area contributed by atoms with Crippen LogP contribution in [-0.4, -0.2) is 97.5 Å². The van der Waals surface area contributed by atoms with Gasteiger partial charge >= 0.3 is 6.18 Å². The van der Waals surface area contributed by atoms with Crippen LogP contribution < -0.4 is 16.2 Å². The maximum absolute atomic E-state index is 13.2. The molecule has 0 saturated carbocycles. The minimum Gasteiger partial charge on any atom is -0.379 e. The lowest BCUT2D eigenvalue weighted by Gasteiger charge is -2.26. The second-order valence-electron chi connectivity index (χ2n) is 15.0. The number of amidine groups is 1. The number of alkyl halides is 3. The van der Waals surface area contributed by atoms with Crippen molar-refractivity contribution in [2.75, 3.05) is 43.9 Å². The summed E-state index contributed by atoms with van der Waals surface area (Å²) >= 11 is 0. The van der Waals surface area contributed by atoms with Crippen LogP contribution in [-0.2, 0) is 40.5 Å². The normalized spacial score (nSPS) is 15.1. The van der Waals surface area contributed by atoms with Gasteiger partial charge in [0.1, 0.15) is 11.9 Å². The van der Waals surface area contributed by atoms with Gasteiger partial charge in [0, 0.05) is 41.2 Å². The Morgan fingerprint density at radius 1 is 0.815 bits per heavy atom. The molecular formula is C43H44F3N10O7S2+. The quantitative estimate of drug-likeness (QED) is 0.111. The molecule has 340 valence electrons. The SMILES string of the molecule is Cc1cc(C)cc(-c2ncn(/C=C(/C(N)=O)c3cccc(NS(C)(=O)=O)c3)n2)c1.Cc1cc(C2=NC[N+](/C=C(/C(N)=O)c3ccc(S(=O)(=O)N4CCOCC4)cc3)=N2)cc(C(F)(F)F)c1. The number of carbonyl (C=O) groups is 2. The molecule has 3 heterocycles. The number of hydrogen-bond acceptors (Lipinski definition) is 11. The van der Waals surface area contributed by atoms with Crippen LogP contribution in [0.3, 0.4) is 0 Å². The highest BCUT2D eigenvalue weighted by Gasteiger charge is 2.32. The van der Waals surface area contributed by atoms with Gasteiger partial charge in [-0.3, -0.25) is 14.3 Å². The Labute approximate surface area is 372 Å². The molecular weight excluding hydrogens is 890 g/mol. The van der Waals surface area contributed by atoms with E-state index in [0.29, 0.717) is 41.4 Å². The average molecular weight is 934 g/mol. The van der Waals surface area contributed by atoms with Crippen molar-refractivity contribution in [3.05, 3.63) is 136 Å². The number of halogens is 3. The van der Waals surface area contributed by atoms with Crippen LogP contribution in [0.1, 0.15) is 38.9 Å². The molecule has 0 unspecified atom stereocenters. The maximum atomic E-state index is 13.2. The average Bonchev–Trinajstić information content (AvgIpc) is 3.91. The number of nitrogens with one attached hydrogen (secondary N) is 1. The van der Waals surface area contributed by atoms with Gasteiger partial charge in [-0.15, -0.1) is 5.10 Å². The zero-order valence-corrected chi connectivity index (χ0v) is 37.1. The van der Waals surface area contributed by atoms with Gasteiger partial charge in [-0.05, 0) is 92.1 Å². The number of nitrogens with zero attached hydrogens (tertiary/aromatic N) is 7. The molecule has 17 nitrogen and oxygen atoms in total. The Kier molecular flexibility index (Phi) is 14.3. The van der Waals surface area contributed by atoms with Crippen LogP contribution in [0.4, 0.5) is 18.9 Å². The lowest BCUT2D eigenvalue weighted by atomic mass is 10.1. The molecule has 5 N–H and O–H groups in total. The van der Waals surface area contributed by atoms with E-state index in [0.717, 1.165) is 35.1 Å². The van der Waals surface area contributed by atoms with Crippen molar-refractivity contribution >= 4 is 60.7 Å². The summed E-state index contributed by atoms with van der Waals surface area (Å²) in [7, 11) is -7.16. The molecule has 0 bridgehead atoms. The number of morpholine rings is 1. The van der Waals surface area contributed by atoms with Crippen LogP contribution >= 0.6 is 0 Å². The molecule has 4 aromatic carbocycles. The van der Waals surface area contributed by atoms with Crippen LogP contribution in [0.15, 0.2) is 112 Å². The highest BCUT2D eigenvalue weighted by atomic mass is 32.2. The van der Waals surface area contributed by atoms with E-state index < -0.39 is 43.6 Å². The number of anilines is 1. The summed E-state index contributed by atoms with van der Waals surface area (Å²) in [6.45, 7) is 6.63. The van der Waals surface area contributed by atoms with Gasteiger partial charge in [0.05, 0.1) is 35.5 Å². The fourth-order valence-electron chi connectivity index (χ4n) is 6.74. The number of primary amides is 2. The number of azo groups is 2. The molecule has 2 aliphatic rings. The number of hydrogen-bond donors (Lipinski definition) is 3. The fourth-order valence-corrected chi connectivity index (χ4v) is 8.70. The van der Waals surface area contributed by atoms with E-state index in [9.17, 15) is 39.6 Å². The molecule has 5 aromatic rings. The van der Waals surface area contributed by atoms with Crippen LogP contribution in [0.5, 0.6) is 0 Å². The van der Waals surface area contributed by atoms with E-state index in [1.165, 1.54) is 68.8 Å². The molecule has 0 spiro atoms. The number of sulfonamides is 2. The number of aliphatic imine (C=N–C) groups is 1. The first-order valence-corrected chi connectivity index (χ1v) is 22.9. The van der Waals surface area contributed by atoms with E-state index in [2.05, 4.69) is 31.0 Å². The predicted molar refractivity (Wildman–Crippen MR) is 237 cm³/mol. The first-order chi connectivity index (χ1) is 30.5. The number of aromatic nitrogens is 3. The van der Waals surface area contributed by atoms with E-state index >= 15 is 0 Å². The number of amides is 2. The van der Waals surface area contributed by atoms with Crippen molar-refractivity contribution < 1.29 is 49.0 Å². The summed E-state index contributed by atoms with van der Waals surface area (Å²) in [5.74, 6) is -0.872. The summed E-state index contributed by atoms with van der Waals surface area (Å²) in [6.07, 6.45) is 0.801. The van der Waals surface area contributed by atoms with Crippen LogP contribution in [0, 0.1) is 20.8 Å². The third-order valence-corrected chi connectivity index (χ3v) is 12.1. The van der Waals surface area contributed by atoms with Crippen molar-refractivity contribution in [3.63, 3.8) is 0 Å². The maximum Gasteiger partial charge on any atom is 0.416 e. The van der Waals surface area contributed by atoms with Gasteiger partial charge in [-0.25, -0.2) is 26.5 Å². The summed E-state index contributed by atoms with van der Waals surface area (Å²) in [5.41, 5.74) is 15.3. The Morgan fingerprint density at radius 2 is 1.45 bits per heavy atom. The minimum atomic E-state index is -4.51. The van der Waals surface area contributed by atoms with Gasteiger partial charge in [0.25, 0.3) is 18.5 Å². The summed E-state index contributed by atoms with van der Waals surface area (Å²) in [5, 5.41) is 8.61. The molecule has 1 aromatic heterocycles. The Morgan fingerprint density at radius 3 is 2.06 bits per heavy atom. The van der Waals surface area contributed by atoms with Gasteiger partial charge < -0.3 is 16.2 Å². The Balaban J connectivity index is 0.000000221. The van der Waals surface area contributed by atoms with Crippen LogP contribution in [0.25, 0.3) is 28.7 Å². The van der Waals surface area contributed by atoms with Crippen molar-refractivity contribution in [2.24, 2.45) is 21.6 Å². The molecule has 2 aliphatic heterocycles. The molecule has 22 heteroatoms. The molecule has 2 amide bonds. The second kappa shape index (κ2) is 19.5. The van der Waals surface area contributed by atoms with Crippen molar-refractivity contribution in [3.8, 4) is 11.4 Å². The number of aryl methyl sites for hydroxylation is 3. The second-order valence-corrected chi connectivity index (χ2v) is 18.7. The molecule has 0 atom stereocenters. The summed E-state index contributed by atoms with van der Waals surface area (Å²) in [6, 6.07) is 21.6. The highest BCUT2D eigenvalue weighted by Crippen LogP contribution is 2.31. The largest absolute Gasteiger partial charge is 0.416 e. The number of benzene rings is 4.